The van der Waals surface area contributed by atoms with E-state index in [-0.39, 0.29) is 0 Å². The number of rotatable bonds is 4. The predicted molar refractivity (Wildman–Crippen MR) is 214 cm³/mol. The number of aromatic nitrogens is 4. The molecule has 0 N–H and O–H groups in total. The molecule has 5 heteroatoms. The van der Waals surface area contributed by atoms with Crippen molar-refractivity contribution in [3.63, 3.8) is 0 Å². The maximum absolute atomic E-state index is 5.32. The summed E-state index contributed by atoms with van der Waals surface area (Å²) >= 11 is 1.69. The molecule has 0 aliphatic heterocycles. The number of benzene rings is 7. The van der Waals surface area contributed by atoms with Crippen LogP contribution >= 0.6 is 11.3 Å². The summed E-state index contributed by atoms with van der Waals surface area (Å²) in [5.74, 6) is 0.680. The second kappa shape index (κ2) is 11.0. The second-order valence-electron chi connectivity index (χ2n) is 13.0. The van der Waals surface area contributed by atoms with Crippen molar-refractivity contribution in [2.75, 3.05) is 0 Å². The lowest BCUT2D eigenvalue weighted by molar-refractivity contribution is 1.02. The minimum absolute atomic E-state index is 0.680. The molecule has 0 amide bonds. The van der Waals surface area contributed by atoms with E-state index in [4.69, 9.17) is 9.97 Å². The Morgan fingerprint density at radius 3 is 1.88 bits per heavy atom. The molecule has 4 aromatic heterocycles. The molecule has 7 aromatic carbocycles. The summed E-state index contributed by atoms with van der Waals surface area (Å²) < 4.78 is 5.74. The third-order valence-corrected chi connectivity index (χ3v) is 11.1. The zero-order chi connectivity index (χ0) is 33.5. The summed E-state index contributed by atoms with van der Waals surface area (Å²) in [6.45, 7) is 0. The number of para-hydroxylation sites is 2. The van der Waals surface area contributed by atoms with E-state index in [9.17, 15) is 0 Å². The molecule has 0 aliphatic carbocycles. The van der Waals surface area contributed by atoms with Crippen molar-refractivity contribution in [1.29, 1.82) is 0 Å². The van der Waals surface area contributed by atoms with Crippen molar-refractivity contribution in [2.24, 2.45) is 0 Å². The Hall–Kier alpha value is -6.56. The topological polar surface area (TPSA) is 35.6 Å². The van der Waals surface area contributed by atoms with Crippen LogP contribution in [0.1, 0.15) is 0 Å². The standard InChI is InChI=1S/C46H28N4S/c1-3-12-30(13-4-1)43-45-39(25-26-51-45)47-46(48-43)50-42-24-21-32(28-38(42)36-22-19-29-11-7-8-16-34(29)44(36)50)31-20-23-41-37(27-31)35-17-9-10-18-40(35)49(41)33-14-5-2-6-15-33/h1-28H. The van der Waals surface area contributed by atoms with Gasteiger partial charge in [0.15, 0.2) is 0 Å². The smallest absolute Gasteiger partial charge is 0.235 e. The van der Waals surface area contributed by atoms with Crippen molar-refractivity contribution in [3.05, 3.63) is 169 Å². The number of nitrogens with zero attached hydrogens (tertiary/aromatic N) is 4. The highest BCUT2D eigenvalue weighted by Crippen LogP contribution is 2.41. The SMILES string of the molecule is c1ccc(-c2nc(-n3c4ccc(-c5ccc6c(c5)c5ccccc5n6-c5ccccc5)cc4c4ccc5ccccc5c43)nc3ccsc23)cc1. The first-order valence-electron chi connectivity index (χ1n) is 17.2. The normalized spacial score (nSPS) is 11.9. The number of thiophene rings is 1. The summed E-state index contributed by atoms with van der Waals surface area (Å²) in [5, 5.41) is 9.33. The highest BCUT2D eigenvalue weighted by atomic mass is 32.1. The van der Waals surface area contributed by atoms with E-state index in [2.05, 4.69) is 172 Å². The van der Waals surface area contributed by atoms with Crippen LogP contribution in [0.4, 0.5) is 0 Å². The van der Waals surface area contributed by atoms with E-state index in [1.807, 2.05) is 6.07 Å². The largest absolute Gasteiger partial charge is 0.309 e. The number of hydrogen-bond donors (Lipinski definition) is 0. The van der Waals surface area contributed by atoms with Gasteiger partial charge in [0.1, 0.15) is 0 Å². The molecule has 0 bridgehead atoms. The van der Waals surface area contributed by atoms with Crippen LogP contribution in [-0.4, -0.2) is 19.1 Å². The average molecular weight is 669 g/mol. The van der Waals surface area contributed by atoms with E-state index in [0.717, 1.165) is 38.2 Å². The Balaban J connectivity index is 1.17. The highest BCUT2D eigenvalue weighted by molar-refractivity contribution is 7.17. The first kappa shape index (κ1) is 28.3. The first-order valence-corrected chi connectivity index (χ1v) is 18.0. The lowest BCUT2D eigenvalue weighted by atomic mass is 10.00. The van der Waals surface area contributed by atoms with Gasteiger partial charge in [-0.05, 0) is 70.4 Å². The zero-order valence-corrected chi connectivity index (χ0v) is 28.2. The molecule has 0 saturated carbocycles. The number of fused-ring (bicyclic) bond motifs is 9. The van der Waals surface area contributed by atoms with Crippen molar-refractivity contribution in [2.45, 2.75) is 0 Å². The van der Waals surface area contributed by atoms with Crippen molar-refractivity contribution < 1.29 is 0 Å². The van der Waals surface area contributed by atoms with Crippen LogP contribution in [0.2, 0.25) is 0 Å². The fourth-order valence-corrected chi connectivity index (χ4v) is 8.76. The monoisotopic (exact) mass is 668 g/mol. The minimum atomic E-state index is 0.680. The fourth-order valence-electron chi connectivity index (χ4n) is 7.92. The molecule has 0 spiro atoms. The van der Waals surface area contributed by atoms with E-state index >= 15 is 0 Å². The molecule has 11 aromatic rings. The molecule has 0 atom stereocenters. The van der Waals surface area contributed by atoms with Gasteiger partial charge < -0.3 is 4.57 Å². The Labute approximate surface area is 297 Å². The minimum Gasteiger partial charge on any atom is -0.309 e. The van der Waals surface area contributed by atoms with Crippen molar-refractivity contribution >= 4 is 75.9 Å². The van der Waals surface area contributed by atoms with Gasteiger partial charge in [-0.3, -0.25) is 4.57 Å². The molecule has 0 fully saturated rings. The fraction of sp³-hybridized carbons (Fsp3) is 0. The quantitative estimate of drug-likeness (QED) is 0.187. The lowest BCUT2D eigenvalue weighted by Crippen LogP contribution is -2.03. The number of hydrogen-bond acceptors (Lipinski definition) is 3. The predicted octanol–water partition coefficient (Wildman–Crippen LogP) is 12.4. The van der Waals surface area contributed by atoms with Gasteiger partial charge in [-0.15, -0.1) is 11.3 Å². The van der Waals surface area contributed by atoms with Gasteiger partial charge in [-0.2, -0.15) is 0 Å². The molecule has 51 heavy (non-hydrogen) atoms. The van der Waals surface area contributed by atoms with Gasteiger partial charge in [0.05, 0.1) is 38.0 Å². The Bertz CT molecular complexity index is 3130. The van der Waals surface area contributed by atoms with E-state index in [1.54, 1.807) is 11.3 Å². The summed E-state index contributed by atoms with van der Waals surface area (Å²) in [4.78, 5) is 10.5. The van der Waals surface area contributed by atoms with Crippen LogP contribution in [-0.2, 0) is 0 Å². The molecule has 0 unspecified atom stereocenters. The van der Waals surface area contributed by atoms with Gasteiger partial charge in [0.2, 0.25) is 5.95 Å². The summed E-state index contributed by atoms with van der Waals surface area (Å²) in [7, 11) is 0. The van der Waals surface area contributed by atoms with Gasteiger partial charge in [0.25, 0.3) is 0 Å². The summed E-state index contributed by atoms with van der Waals surface area (Å²) in [5.41, 5.74) is 11.1. The Morgan fingerprint density at radius 1 is 0.431 bits per heavy atom. The Kier molecular flexibility index (Phi) is 6.09. The van der Waals surface area contributed by atoms with E-state index < -0.39 is 0 Å². The van der Waals surface area contributed by atoms with Gasteiger partial charge in [-0.1, -0.05) is 115 Å². The second-order valence-corrected chi connectivity index (χ2v) is 14.0. The van der Waals surface area contributed by atoms with Crippen molar-refractivity contribution in [3.8, 4) is 34.0 Å². The third-order valence-electron chi connectivity index (χ3n) is 10.2. The van der Waals surface area contributed by atoms with Crippen LogP contribution in [0.15, 0.2) is 169 Å². The molecule has 4 heterocycles. The molecule has 0 aliphatic rings. The maximum Gasteiger partial charge on any atom is 0.235 e. The molecular weight excluding hydrogens is 641 g/mol. The van der Waals surface area contributed by atoms with Crippen LogP contribution in [0.3, 0.4) is 0 Å². The van der Waals surface area contributed by atoms with Gasteiger partial charge in [0, 0.05) is 38.2 Å². The highest BCUT2D eigenvalue weighted by Gasteiger charge is 2.20. The van der Waals surface area contributed by atoms with E-state index in [1.165, 1.54) is 54.5 Å². The average Bonchev–Trinajstić information content (AvgIpc) is 3.90. The third kappa shape index (κ3) is 4.25. The molecular formula is C46H28N4S. The summed E-state index contributed by atoms with van der Waals surface area (Å²) in [6.07, 6.45) is 0. The van der Waals surface area contributed by atoms with Crippen LogP contribution < -0.4 is 0 Å². The van der Waals surface area contributed by atoms with Crippen LogP contribution in [0.25, 0.3) is 98.6 Å². The maximum atomic E-state index is 5.32. The van der Waals surface area contributed by atoms with E-state index in [0.29, 0.717) is 5.95 Å². The lowest BCUT2D eigenvalue weighted by Gasteiger charge is -2.11. The van der Waals surface area contributed by atoms with Gasteiger partial charge in [-0.25, -0.2) is 9.97 Å². The Morgan fingerprint density at radius 2 is 1.08 bits per heavy atom. The molecule has 0 radical (unpaired) electrons. The first-order chi connectivity index (χ1) is 25.3. The van der Waals surface area contributed by atoms with Gasteiger partial charge >= 0.3 is 0 Å². The van der Waals surface area contributed by atoms with Crippen molar-refractivity contribution in [1.82, 2.24) is 19.1 Å². The molecule has 238 valence electrons. The summed E-state index contributed by atoms with van der Waals surface area (Å²) in [6, 6.07) is 58.7. The van der Waals surface area contributed by atoms with Crippen LogP contribution in [0, 0.1) is 0 Å². The zero-order valence-electron chi connectivity index (χ0n) is 27.4. The molecule has 4 nitrogen and oxygen atoms in total. The van der Waals surface area contributed by atoms with Crippen LogP contribution in [0.5, 0.6) is 0 Å². The molecule has 11 rings (SSSR count). The molecule has 0 saturated heterocycles.